The van der Waals surface area contributed by atoms with Gasteiger partial charge < -0.3 is 10.6 Å². The van der Waals surface area contributed by atoms with E-state index >= 15 is 0 Å². The molecule has 1 aromatic heterocycles. The molecule has 0 fully saturated rings. The molecule has 2 aromatic carbocycles. The molecule has 2 N–H and O–H groups in total. The highest BCUT2D eigenvalue weighted by Gasteiger charge is 2.24. The first kappa shape index (κ1) is 20.2. The maximum absolute atomic E-state index is 13.6. The minimum Gasteiger partial charge on any atom is -0.357 e. The highest BCUT2D eigenvalue weighted by atomic mass is 19.2. The van der Waals surface area contributed by atoms with Crippen molar-refractivity contribution in [3.63, 3.8) is 0 Å². The molecule has 0 bridgehead atoms. The van der Waals surface area contributed by atoms with Crippen LogP contribution in [-0.4, -0.2) is 28.0 Å². The third-order valence-corrected chi connectivity index (χ3v) is 4.63. The highest BCUT2D eigenvalue weighted by molar-refractivity contribution is 5.89. The van der Waals surface area contributed by atoms with Crippen LogP contribution in [-0.2, 0) is 22.7 Å². The molecule has 29 heavy (non-hydrogen) atoms. The first-order valence-electron chi connectivity index (χ1n) is 9.01. The number of hydrogen-bond acceptors (Lipinski definition) is 3. The summed E-state index contributed by atoms with van der Waals surface area (Å²) in [5.41, 5.74) is 1.00. The Balaban J connectivity index is 1.91. The zero-order valence-electron chi connectivity index (χ0n) is 15.9. The summed E-state index contributed by atoms with van der Waals surface area (Å²) in [6.07, 6.45) is 0. The number of carbonyl (C=O) groups is 2. The van der Waals surface area contributed by atoms with E-state index in [-0.39, 0.29) is 17.8 Å². The fraction of sp³-hybridized carbons (Fsp3) is 0.250. The molecule has 0 aliphatic rings. The number of aromatic nitrogens is 2. The topological polar surface area (TPSA) is 85.1 Å². The average molecular weight is 402 g/mol. The molecular formula is C20H20F2N4O3. The Bertz CT molecular complexity index is 1140. The number of imidazole rings is 1. The molecule has 0 aliphatic heterocycles. The van der Waals surface area contributed by atoms with Crippen LogP contribution in [0.2, 0.25) is 0 Å². The zero-order valence-corrected chi connectivity index (χ0v) is 15.9. The van der Waals surface area contributed by atoms with Crippen LogP contribution < -0.4 is 16.3 Å². The van der Waals surface area contributed by atoms with Crippen molar-refractivity contribution >= 4 is 22.8 Å². The number of nitrogens with one attached hydrogen (secondary N) is 2. The van der Waals surface area contributed by atoms with Crippen molar-refractivity contribution in [2.75, 3.05) is 7.05 Å². The van der Waals surface area contributed by atoms with Gasteiger partial charge in [-0.25, -0.2) is 13.6 Å². The standard InChI is InChI=1S/C20H20F2N4O3/c1-3-25-15-6-4-5-7-16(15)26(20(25)29)11-17(27)24-18(19(28)23-2)12-8-9-13(21)14(22)10-12/h4-10,18H,3,11H2,1-2H3,(H,23,28)(H,24,27). The van der Waals surface area contributed by atoms with Crippen molar-refractivity contribution in [1.29, 1.82) is 0 Å². The maximum atomic E-state index is 13.6. The molecule has 0 saturated carbocycles. The molecule has 152 valence electrons. The number of aryl methyl sites for hydroxylation is 1. The SMILES string of the molecule is CCn1c(=O)n(CC(=O)NC(C(=O)NC)c2ccc(F)c(F)c2)c2ccccc21. The van der Waals surface area contributed by atoms with Crippen molar-refractivity contribution in [3.8, 4) is 0 Å². The van der Waals surface area contributed by atoms with Gasteiger partial charge >= 0.3 is 5.69 Å². The van der Waals surface area contributed by atoms with Crippen molar-refractivity contribution in [2.45, 2.75) is 26.1 Å². The fourth-order valence-electron chi connectivity index (χ4n) is 3.22. The molecule has 0 spiro atoms. The number of fused-ring (bicyclic) bond motifs is 1. The lowest BCUT2D eigenvalue weighted by atomic mass is 10.1. The van der Waals surface area contributed by atoms with E-state index in [1.807, 2.05) is 6.92 Å². The lowest BCUT2D eigenvalue weighted by molar-refractivity contribution is -0.129. The van der Waals surface area contributed by atoms with Gasteiger partial charge in [-0.3, -0.25) is 18.7 Å². The molecule has 1 heterocycles. The summed E-state index contributed by atoms with van der Waals surface area (Å²) in [7, 11) is 1.36. The van der Waals surface area contributed by atoms with Gasteiger partial charge in [-0.15, -0.1) is 0 Å². The van der Waals surface area contributed by atoms with E-state index in [0.29, 0.717) is 17.6 Å². The molecule has 9 heteroatoms. The third-order valence-electron chi connectivity index (χ3n) is 4.63. The van der Waals surface area contributed by atoms with Gasteiger partial charge in [0.25, 0.3) is 0 Å². The van der Waals surface area contributed by atoms with E-state index in [9.17, 15) is 23.2 Å². The summed E-state index contributed by atoms with van der Waals surface area (Å²) < 4.78 is 29.7. The Morgan fingerprint density at radius 1 is 1.03 bits per heavy atom. The second-order valence-corrected chi connectivity index (χ2v) is 6.39. The number of rotatable bonds is 6. The second-order valence-electron chi connectivity index (χ2n) is 6.39. The fourth-order valence-corrected chi connectivity index (χ4v) is 3.22. The lowest BCUT2D eigenvalue weighted by Crippen LogP contribution is -2.41. The summed E-state index contributed by atoms with van der Waals surface area (Å²) in [6, 6.07) is 8.77. The van der Waals surface area contributed by atoms with Crippen LogP contribution in [0.25, 0.3) is 11.0 Å². The Morgan fingerprint density at radius 2 is 1.69 bits per heavy atom. The Labute approximate surface area is 164 Å². The Morgan fingerprint density at radius 3 is 2.28 bits per heavy atom. The summed E-state index contributed by atoms with van der Waals surface area (Å²) in [6.45, 7) is 1.93. The van der Waals surface area contributed by atoms with E-state index in [0.717, 1.165) is 12.1 Å². The van der Waals surface area contributed by atoms with Gasteiger partial charge in [-0.1, -0.05) is 18.2 Å². The van der Waals surface area contributed by atoms with Crippen LogP contribution in [0.5, 0.6) is 0 Å². The van der Waals surface area contributed by atoms with E-state index in [4.69, 9.17) is 0 Å². The number of amides is 2. The number of likely N-dealkylation sites (N-methyl/N-ethyl adjacent to an activating group) is 1. The molecule has 0 saturated heterocycles. The van der Waals surface area contributed by atoms with Crippen LogP contribution in [0, 0.1) is 11.6 Å². The number of para-hydroxylation sites is 2. The summed E-state index contributed by atoms with van der Waals surface area (Å²) >= 11 is 0. The van der Waals surface area contributed by atoms with Crippen LogP contribution in [0.4, 0.5) is 8.78 Å². The molecule has 1 atom stereocenters. The van der Waals surface area contributed by atoms with Gasteiger partial charge in [-0.2, -0.15) is 0 Å². The number of hydrogen-bond donors (Lipinski definition) is 2. The molecule has 3 rings (SSSR count). The third kappa shape index (κ3) is 3.89. The molecule has 0 aliphatic carbocycles. The van der Waals surface area contributed by atoms with Gasteiger partial charge in [-0.05, 0) is 36.8 Å². The molecule has 1 unspecified atom stereocenters. The zero-order chi connectivity index (χ0) is 21.1. The number of benzene rings is 2. The number of nitrogens with zero attached hydrogens (tertiary/aromatic N) is 2. The first-order valence-corrected chi connectivity index (χ1v) is 9.01. The molecule has 3 aromatic rings. The van der Waals surface area contributed by atoms with E-state index < -0.39 is 29.5 Å². The number of carbonyl (C=O) groups excluding carboxylic acids is 2. The minimum absolute atomic E-state index is 0.0833. The van der Waals surface area contributed by atoms with Crippen molar-refractivity contribution in [3.05, 3.63) is 70.1 Å². The highest BCUT2D eigenvalue weighted by Crippen LogP contribution is 2.17. The maximum Gasteiger partial charge on any atom is 0.329 e. The van der Waals surface area contributed by atoms with Crippen molar-refractivity contribution in [2.24, 2.45) is 0 Å². The monoisotopic (exact) mass is 402 g/mol. The average Bonchev–Trinajstić information content (AvgIpc) is 2.98. The van der Waals surface area contributed by atoms with Gasteiger partial charge in [0.05, 0.1) is 11.0 Å². The van der Waals surface area contributed by atoms with E-state index in [1.165, 1.54) is 22.2 Å². The normalized spacial score (nSPS) is 12.0. The first-order chi connectivity index (χ1) is 13.9. The van der Waals surface area contributed by atoms with Gasteiger partial charge in [0.15, 0.2) is 11.6 Å². The summed E-state index contributed by atoms with van der Waals surface area (Å²) in [4.78, 5) is 37.5. The van der Waals surface area contributed by atoms with E-state index in [1.54, 1.807) is 24.3 Å². The summed E-state index contributed by atoms with van der Waals surface area (Å²) in [5, 5.41) is 4.87. The largest absolute Gasteiger partial charge is 0.357 e. The predicted octanol–water partition coefficient (Wildman–Crippen LogP) is 1.70. The molecular weight excluding hydrogens is 382 g/mol. The van der Waals surface area contributed by atoms with Crippen molar-refractivity contribution in [1.82, 2.24) is 19.8 Å². The molecule has 7 nitrogen and oxygen atoms in total. The Hall–Kier alpha value is -3.49. The molecule has 2 amide bonds. The Kier molecular flexibility index (Phi) is 5.76. The van der Waals surface area contributed by atoms with Gasteiger partial charge in [0.1, 0.15) is 12.6 Å². The quantitative estimate of drug-likeness (QED) is 0.658. The van der Waals surface area contributed by atoms with Crippen LogP contribution in [0.1, 0.15) is 18.5 Å². The summed E-state index contributed by atoms with van der Waals surface area (Å²) in [5.74, 6) is -3.42. The van der Waals surface area contributed by atoms with Crippen LogP contribution >= 0.6 is 0 Å². The second kappa shape index (κ2) is 8.26. The van der Waals surface area contributed by atoms with Gasteiger partial charge in [0, 0.05) is 13.6 Å². The predicted molar refractivity (Wildman–Crippen MR) is 103 cm³/mol. The lowest BCUT2D eigenvalue weighted by Gasteiger charge is -2.18. The van der Waals surface area contributed by atoms with Crippen LogP contribution in [0.15, 0.2) is 47.3 Å². The number of halogens is 2. The minimum atomic E-state index is -1.24. The van der Waals surface area contributed by atoms with Crippen molar-refractivity contribution < 1.29 is 18.4 Å². The van der Waals surface area contributed by atoms with E-state index in [2.05, 4.69) is 10.6 Å². The van der Waals surface area contributed by atoms with Gasteiger partial charge in [0.2, 0.25) is 11.8 Å². The van der Waals surface area contributed by atoms with Crippen LogP contribution in [0.3, 0.4) is 0 Å². The smallest absolute Gasteiger partial charge is 0.329 e. The molecule has 0 radical (unpaired) electrons.